The van der Waals surface area contributed by atoms with Crippen molar-refractivity contribution in [3.63, 3.8) is 0 Å². The van der Waals surface area contributed by atoms with Crippen molar-refractivity contribution >= 4 is 17.2 Å². The molecule has 0 spiro atoms. The summed E-state index contributed by atoms with van der Waals surface area (Å²) in [6, 6.07) is 5.20. The van der Waals surface area contributed by atoms with E-state index in [0.717, 1.165) is 16.3 Å². The maximum absolute atomic E-state index is 12.6. The van der Waals surface area contributed by atoms with Gasteiger partial charge in [0, 0.05) is 11.1 Å². The lowest BCUT2D eigenvalue weighted by Gasteiger charge is -2.23. The molecule has 0 radical (unpaired) electrons. The van der Waals surface area contributed by atoms with Crippen molar-refractivity contribution in [2.75, 3.05) is 20.9 Å². The van der Waals surface area contributed by atoms with Crippen LogP contribution in [0.1, 0.15) is 22.3 Å². The fourth-order valence-corrected chi connectivity index (χ4v) is 3.22. The molecule has 2 aromatic rings. The highest BCUT2D eigenvalue weighted by Gasteiger charge is 2.25. The minimum Gasteiger partial charge on any atom is -0.454 e. The van der Waals surface area contributed by atoms with Crippen LogP contribution < -0.4 is 14.8 Å². The molecule has 0 saturated carbocycles. The number of hydrogen-bond acceptors (Lipinski definition) is 6. The molecule has 1 aromatic carbocycles. The van der Waals surface area contributed by atoms with Gasteiger partial charge in [0.05, 0.1) is 6.54 Å². The second-order valence-electron chi connectivity index (χ2n) is 5.58. The van der Waals surface area contributed by atoms with Gasteiger partial charge in [-0.3, -0.25) is 9.69 Å². The monoisotopic (exact) mass is 333 g/mol. The van der Waals surface area contributed by atoms with E-state index in [4.69, 9.17) is 9.47 Å². The van der Waals surface area contributed by atoms with Crippen LogP contribution >= 0.6 is 11.3 Å². The highest BCUT2D eigenvalue weighted by atomic mass is 32.1. The average Bonchev–Trinajstić information content (AvgIpc) is 3.13. The Labute approximate surface area is 139 Å². The number of aromatic nitrogens is 1. The number of rotatable bonds is 5. The second-order valence-corrected chi connectivity index (χ2v) is 6.52. The number of thiazole rings is 1. The predicted molar refractivity (Wildman–Crippen MR) is 87.7 cm³/mol. The molecular weight excluding hydrogens is 314 g/mol. The van der Waals surface area contributed by atoms with Gasteiger partial charge >= 0.3 is 0 Å². The summed E-state index contributed by atoms with van der Waals surface area (Å²) in [4.78, 5) is 18.9. The zero-order valence-electron chi connectivity index (χ0n) is 13.3. The normalized spacial score (nSPS) is 14.1. The van der Waals surface area contributed by atoms with E-state index in [9.17, 15) is 4.79 Å². The molecule has 1 atom stereocenters. The van der Waals surface area contributed by atoms with Crippen molar-refractivity contribution in [3.05, 3.63) is 39.8 Å². The Kier molecular flexibility index (Phi) is 4.49. The summed E-state index contributed by atoms with van der Waals surface area (Å²) >= 11 is 1.55. The van der Waals surface area contributed by atoms with Crippen molar-refractivity contribution in [1.29, 1.82) is 0 Å². The lowest BCUT2D eigenvalue weighted by atomic mass is 10.0. The topological polar surface area (TPSA) is 63.7 Å². The number of ether oxygens (including phenoxy) is 2. The molecule has 0 aliphatic carbocycles. The molecule has 0 bridgehead atoms. The number of amides is 1. The van der Waals surface area contributed by atoms with E-state index in [2.05, 4.69) is 10.3 Å². The van der Waals surface area contributed by atoms with Crippen LogP contribution in [0.5, 0.6) is 11.5 Å². The van der Waals surface area contributed by atoms with E-state index in [0.29, 0.717) is 18.0 Å². The van der Waals surface area contributed by atoms with Gasteiger partial charge in [0.15, 0.2) is 11.5 Å². The molecule has 6 nitrogen and oxygen atoms in total. The Hall–Kier alpha value is -2.12. The van der Waals surface area contributed by atoms with Gasteiger partial charge in [-0.25, -0.2) is 4.98 Å². The van der Waals surface area contributed by atoms with Crippen LogP contribution in [-0.4, -0.2) is 36.7 Å². The minimum absolute atomic E-state index is 0.0679. The Balaban J connectivity index is 1.74. The zero-order chi connectivity index (χ0) is 16.4. The van der Waals surface area contributed by atoms with Gasteiger partial charge in [-0.05, 0) is 38.7 Å². The van der Waals surface area contributed by atoms with Crippen LogP contribution in [0.25, 0.3) is 0 Å². The molecule has 0 fully saturated rings. The molecule has 1 aliphatic rings. The lowest BCUT2D eigenvalue weighted by Crippen LogP contribution is -2.36. The van der Waals surface area contributed by atoms with Crippen LogP contribution in [0.4, 0.5) is 0 Å². The third kappa shape index (κ3) is 3.46. The van der Waals surface area contributed by atoms with Crippen molar-refractivity contribution in [3.8, 4) is 11.5 Å². The quantitative estimate of drug-likeness (QED) is 0.908. The minimum atomic E-state index is -0.398. The first-order valence-electron chi connectivity index (χ1n) is 7.29. The fourth-order valence-electron chi connectivity index (χ4n) is 2.51. The van der Waals surface area contributed by atoms with Gasteiger partial charge in [0.25, 0.3) is 0 Å². The van der Waals surface area contributed by atoms with Crippen molar-refractivity contribution < 1.29 is 14.3 Å². The van der Waals surface area contributed by atoms with Gasteiger partial charge in [-0.15, -0.1) is 11.3 Å². The second kappa shape index (κ2) is 6.55. The van der Waals surface area contributed by atoms with Gasteiger partial charge in [0.2, 0.25) is 12.7 Å². The Bertz CT molecular complexity index is 714. The maximum Gasteiger partial charge on any atom is 0.242 e. The maximum atomic E-state index is 12.6. The summed E-state index contributed by atoms with van der Waals surface area (Å²) in [5, 5.41) is 5.83. The molecule has 7 heteroatoms. The molecule has 1 aliphatic heterocycles. The number of carbonyl (C=O) groups excluding carboxylic acids is 1. The van der Waals surface area contributed by atoms with E-state index in [-0.39, 0.29) is 12.7 Å². The molecule has 122 valence electrons. The van der Waals surface area contributed by atoms with E-state index in [1.165, 1.54) is 0 Å². The summed E-state index contributed by atoms with van der Waals surface area (Å²) in [6.07, 6.45) is 0. The summed E-state index contributed by atoms with van der Waals surface area (Å²) in [5.41, 5.74) is 1.84. The summed E-state index contributed by atoms with van der Waals surface area (Å²) < 4.78 is 10.7. The molecule has 1 N–H and O–H groups in total. The molecular formula is C16H19N3O3S. The van der Waals surface area contributed by atoms with Crippen LogP contribution in [-0.2, 0) is 11.3 Å². The number of carbonyl (C=O) groups is 1. The van der Waals surface area contributed by atoms with Gasteiger partial charge in [-0.1, -0.05) is 6.07 Å². The molecule has 0 saturated heterocycles. The van der Waals surface area contributed by atoms with E-state index < -0.39 is 6.04 Å². The lowest BCUT2D eigenvalue weighted by molar-refractivity contribution is -0.125. The Morgan fingerprint density at radius 3 is 2.87 bits per heavy atom. The Morgan fingerprint density at radius 2 is 2.17 bits per heavy atom. The molecule has 2 heterocycles. The van der Waals surface area contributed by atoms with Crippen LogP contribution in [0.2, 0.25) is 0 Å². The number of aryl methyl sites for hydroxylation is 1. The largest absolute Gasteiger partial charge is 0.454 e. The van der Waals surface area contributed by atoms with Crippen molar-refractivity contribution in [2.45, 2.75) is 19.5 Å². The standard InChI is InChI=1S/C16H19N3O3S/c1-10-8-23-14(18-10)7-17-16(20)15(19(2)3)11-4-5-12-13(6-11)22-9-21-12/h4-6,8,15H,7,9H2,1-3H3,(H,17,20)/t15-/m1/s1. The highest BCUT2D eigenvalue weighted by molar-refractivity contribution is 7.09. The summed E-state index contributed by atoms with van der Waals surface area (Å²) in [5.74, 6) is 1.32. The van der Waals surface area contributed by atoms with Crippen LogP contribution in [0.15, 0.2) is 23.6 Å². The van der Waals surface area contributed by atoms with E-state index in [1.807, 2.05) is 49.5 Å². The SMILES string of the molecule is Cc1csc(CNC(=O)[C@@H](c2ccc3c(c2)OCO3)N(C)C)n1. The van der Waals surface area contributed by atoms with Crippen molar-refractivity contribution in [1.82, 2.24) is 15.2 Å². The first-order chi connectivity index (χ1) is 11.0. The fraction of sp³-hybridized carbons (Fsp3) is 0.375. The predicted octanol–water partition coefficient (Wildman–Crippen LogP) is 2.10. The first kappa shape index (κ1) is 15.8. The number of nitrogens with zero attached hydrogens (tertiary/aromatic N) is 2. The molecule has 3 rings (SSSR count). The number of fused-ring (bicyclic) bond motifs is 1. The first-order valence-corrected chi connectivity index (χ1v) is 8.17. The van der Waals surface area contributed by atoms with E-state index in [1.54, 1.807) is 11.3 Å². The molecule has 23 heavy (non-hydrogen) atoms. The molecule has 0 unspecified atom stereocenters. The highest BCUT2D eigenvalue weighted by Crippen LogP contribution is 2.35. The third-order valence-corrected chi connectivity index (χ3v) is 4.52. The van der Waals surface area contributed by atoms with Crippen LogP contribution in [0, 0.1) is 6.92 Å². The van der Waals surface area contributed by atoms with Gasteiger partial charge in [-0.2, -0.15) is 0 Å². The van der Waals surface area contributed by atoms with Gasteiger partial charge in [0.1, 0.15) is 11.0 Å². The third-order valence-electron chi connectivity index (χ3n) is 3.56. The number of hydrogen-bond donors (Lipinski definition) is 1. The van der Waals surface area contributed by atoms with Crippen molar-refractivity contribution in [2.24, 2.45) is 0 Å². The molecule has 1 aromatic heterocycles. The number of benzene rings is 1. The number of likely N-dealkylation sites (N-methyl/N-ethyl adjacent to an activating group) is 1. The Morgan fingerprint density at radius 1 is 1.39 bits per heavy atom. The van der Waals surface area contributed by atoms with E-state index >= 15 is 0 Å². The summed E-state index contributed by atoms with van der Waals surface area (Å²) in [7, 11) is 3.75. The molecule has 1 amide bonds. The summed E-state index contributed by atoms with van der Waals surface area (Å²) in [6.45, 7) is 2.60. The van der Waals surface area contributed by atoms with Gasteiger partial charge < -0.3 is 14.8 Å². The smallest absolute Gasteiger partial charge is 0.242 e. The number of nitrogens with one attached hydrogen (secondary N) is 1. The zero-order valence-corrected chi connectivity index (χ0v) is 14.1. The average molecular weight is 333 g/mol. The van der Waals surface area contributed by atoms with Crippen LogP contribution in [0.3, 0.4) is 0 Å².